The molecular weight excluding hydrogens is 2550 g/mol. The van der Waals surface area contributed by atoms with Crippen molar-refractivity contribution < 1.29 is 129 Å². The quantitative estimate of drug-likeness (QED) is 0.0827. The molecule has 0 saturated heterocycles. The van der Waals surface area contributed by atoms with E-state index in [0.717, 1.165) is 208 Å². The van der Waals surface area contributed by atoms with Crippen molar-refractivity contribution in [3.05, 3.63) is 448 Å². The van der Waals surface area contributed by atoms with Crippen LogP contribution < -0.4 is 18.9 Å². The van der Waals surface area contributed by atoms with Crippen molar-refractivity contribution in [3.63, 3.8) is 0 Å². The van der Waals surface area contributed by atoms with Crippen molar-refractivity contribution in [2.24, 2.45) is 0 Å². The summed E-state index contributed by atoms with van der Waals surface area (Å²) < 4.78 is 95.1. The molecule has 0 N–H and O–H groups in total. The van der Waals surface area contributed by atoms with Gasteiger partial charge in [-0.3, -0.25) is 0 Å². The summed E-state index contributed by atoms with van der Waals surface area (Å²) in [6.07, 6.45) is 13.9. The number of furan rings is 4. The molecule has 147 heavy (non-hydrogen) atoms. The Labute approximate surface area is 906 Å². The van der Waals surface area contributed by atoms with E-state index in [4.69, 9.17) is 64.8 Å². The number of aromatic nitrogens is 8. The molecule has 12 heterocycles. The van der Waals surface area contributed by atoms with E-state index in [1.807, 2.05) is 286 Å². The summed E-state index contributed by atoms with van der Waals surface area (Å²) in [7, 11) is 0. The zero-order chi connectivity index (χ0) is 100. The van der Waals surface area contributed by atoms with Crippen molar-refractivity contribution in [1.82, 2.24) is 39.9 Å². The van der Waals surface area contributed by atoms with E-state index in [-0.39, 0.29) is 95.4 Å². The molecule has 12 aromatic heterocycles. The van der Waals surface area contributed by atoms with Crippen LogP contribution in [0.15, 0.2) is 401 Å². The molecule has 0 aliphatic heterocycles. The van der Waals surface area contributed by atoms with Gasteiger partial charge in [-0.1, -0.05) is 236 Å². The molecular formula is C127H72N8O8Pt4. The number of ether oxygens (including phenoxy) is 4. The van der Waals surface area contributed by atoms with E-state index < -0.39 is 13.7 Å². The van der Waals surface area contributed by atoms with Gasteiger partial charge >= 0.3 is 84.3 Å². The second-order valence-corrected chi connectivity index (χ2v) is 34.5. The van der Waals surface area contributed by atoms with Crippen LogP contribution in [0, 0.1) is 69.2 Å². The first-order valence-electron chi connectivity index (χ1n) is 49.1. The van der Waals surface area contributed by atoms with Crippen molar-refractivity contribution in [3.8, 4) is 91.0 Å². The van der Waals surface area contributed by atoms with Gasteiger partial charge in [0.25, 0.3) is 0 Å². The third-order valence-electron chi connectivity index (χ3n) is 25.5. The zero-order valence-corrected chi connectivity index (χ0v) is 86.1. The molecule has 0 atom stereocenters. The van der Waals surface area contributed by atoms with Crippen LogP contribution in [0.4, 0.5) is 0 Å². The molecule has 0 spiro atoms. The van der Waals surface area contributed by atoms with Gasteiger partial charge < -0.3 is 76.5 Å². The average molecular weight is 2620 g/mol. The molecule has 16 nitrogen and oxygen atoms in total. The van der Waals surface area contributed by atoms with Crippen molar-refractivity contribution in [2.75, 3.05) is 0 Å². The minimum atomic E-state index is -2.20. The number of hydrogen-bond acceptors (Lipinski definition) is 16. The molecule has 0 unspecified atom stereocenters. The van der Waals surface area contributed by atoms with Gasteiger partial charge in [0, 0.05) is 168 Å². The summed E-state index contributed by atoms with van der Waals surface area (Å²) in [5.41, 5.74) is 17.0. The second-order valence-electron chi connectivity index (χ2n) is 34.5. The number of rotatable bonds is 12. The molecule has 0 radical (unpaired) electrons. The first kappa shape index (κ1) is 88.2. The minimum Gasteiger partial charge on any atom is -0.497 e. The van der Waals surface area contributed by atoms with Gasteiger partial charge in [-0.2, -0.15) is 0 Å². The maximum absolute atomic E-state index is 7.67. The maximum atomic E-state index is 7.67. The van der Waals surface area contributed by atoms with Gasteiger partial charge in [0.05, 0.1) is 0 Å². The summed E-state index contributed by atoms with van der Waals surface area (Å²) in [6.45, 7) is -2.62. The molecule has 0 bridgehead atoms. The number of pyridine rings is 8. The summed E-state index contributed by atoms with van der Waals surface area (Å²) in [4.78, 5) is 36.9. The number of para-hydroxylation sites is 4. The van der Waals surface area contributed by atoms with Crippen LogP contribution >= 0.6 is 0 Å². The molecule has 29 aromatic rings. The molecule has 708 valence electrons. The van der Waals surface area contributed by atoms with Crippen LogP contribution in [-0.2, 0) is 84.3 Å². The van der Waals surface area contributed by atoms with E-state index in [0.29, 0.717) is 74.1 Å². The summed E-state index contributed by atoms with van der Waals surface area (Å²) in [5, 5.41) is 21.7. The average Bonchev–Trinajstić information content (AvgIpc) is 1.62. The SMILES string of the molecule is [2H]C([2H])([2H])c1ccc(-c2[c-]c(Oc3[c-]c4c(cc3)ccc3c4ncc4c5ccccc5oc43)ccc2)nc1.[2H]C([2H])([2H])c1cnc(-c2[c-]c(Oc3[c-]c4c(cc3)ccc3c4ncc4c5ccccc5oc43)ccc2)cc1C.[Pt+2].[Pt+2].[Pt+2].[Pt+2].[c-]1c(Oc2[c-]c3c(cc2)ccc2c3ncc3c4ccccc4oc32)cccc1-c1cc2ccccc2cn1.[c-]1c(Oc2[c-]c3c(cc2)ccc2c3ncc3c4ccccc4oc32)cccc1-c1ccccn1. The van der Waals surface area contributed by atoms with Crippen LogP contribution in [0.25, 0.3) is 230 Å². The van der Waals surface area contributed by atoms with Gasteiger partial charge in [-0.05, 0) is 118 Å². The Morgan fingerprint density at radius 2 is 0.537 bits per heavy atom. The minimum absolute atomic E-state index is 0. The van der Waals surface area contributed by atoms with E-state index in [1.165, 1.54) is 12.4 Å². The topological polar surface area (TPSA) is 193 Å². The number of hydrogen-bond donors (Lipinski definition) is 0. The van der Waals surface area contributed by atoms with Gasteiger partial charge in [0.15, 0.2) is 0 Å². The van der Waals surface area contributed by atoms with Crippen LogP contribution in [0.5, 0.6) is 46.0 Å². The van der Waals surface area contributed by atoms with Crippen molar-refractivity contribution >= 4 is 185 Å². The van der Waals surface area contributed by atoms with Gasteiger partial charge in [0.1, 0.15) is 44.7 Å². The first-order chi connectivity index (χ1) is 72.9. The fraction of sp³-hybridized carbons (Fsp3) is 0.0236. The number of benzene rings is 17. The largest absolute Gasteiger partial charge is 2.00 e. The molecule has 29 rings (SSSR count). The molecule has 17 aromatic carbocycles. The van der Waals surface area contributed by atoms with E-state index in [1.54, 1.807) is 37.4 Å². The molecule has 20 heteroatoms. The Balaban J connectivity index is 0.000000114. The van der Waals surface area contributed by atoms with E-state index in [9.17, 15) is 0 Å². The second kappa shape index (κ2) is 40.6. The Kier molecular flexibility index (Phi) is 24.3. The van der Waals surface area contributed by atoms with Gasteiger partial charge in [0.2, 0.25) is 0 Å². The predicted molar refractivity (Wildman–Crippen MR) is 568 cm³/mol. The zero-order valence-electron chi connectivity index (χ0n) is 83.0. The number of fused-ring (bicyclic) bond motifs is 29. The standard InChI is InChI=1S/C34H18N2O2.C32H20N2O2.C31H18N2O2.C30H16N2O2.4Pt/c1-2-7-24-19-35-31(17-22(24)6-1)23-8-5-9-25(16-23)37-26-14-12-21-13-15-28-33(29(21)18-26)36-20-30-27-10-3-4-11-32(27)38-34(28)30;1-19-14-29(33-17-20(19)2)22-6-5-7-23(15-22)35-24-12-10-21-11-13-26-31(27(21)16-24)34-18-28-25-8-3-4-9-30(25)36-32(26)28;1-19-9-14-28(32-17-19)21-5-4-6-22(15-21)34-23-12-10-20-11-13-25-30(26(20)16-23)33-18-27-24-7-2-3-8-29(24)35-31(25)27;1-2-10-28-23(8-1)26-18-32-29-24(30(26)34-28)14-12-19-11-13-22(17-25(19)29)33-21-7-5-6-20(16-21)27-9-3-4-15-31-27;;;;/h1-15,17,19-20H;3-14,17-18H,1-2H3;2-14,17-18H,1H3;1-15,18H;;;;/q4*-2;4*+2/i;2D3;1D3;;;;;. The fourth-order valence-corrected chi connectivity index (χ4v) is 18.5. The van der Waals surface area contributed by atoms with Crippen LogP contribution in [0.2, 0.25) is 0 Å². The van der Waals surface area contributed by atoms with E-state index in [2.05, 4.69) is 123 Å². The molecule has 0 aliphatic carbocycles. The smallest absolute Gasteiger partial charge is 0.497 e. The Hall–Kier alpha value is -16.6. The van der Waals surface area contributed by atoms with Gasteiger partial charge in [-0.25, -0.2) is 0 Å². The van der Waals surface area contributed by atoms with Crippen LogP contribution in [-0.4, -0.2) is 39.9 Å². The molecule has 0 fully saturated rings. The molecule has 0 saturated carbocycles. The Morgan fingerprint density at radius 1 is 0.218 bits per heavy atom. The van der Waals surface area contributed by atoms with Gasteiger partial charge in [-0.15, -0.1) is 187 Å². The maximum Gasteiger partial charge on any atom is 2.00 e. The Morgan fingerprint density at radius 3 is 0.884 bits per heavy atom. The summed E-state index contributed by atoms with van der Waals surface area (Å²) in [6, 6.07) is 134. The summed E-state index contributed by atoms with van der Waals surface area (Å²) >= 11 is 0. The van der Waals surface area contributed by atoms with Crippen LogP contribution in [0.3, 0.4) is 0 Å². The molecule has 0 aliphatic rings. The van der Waals surface area contributed by atoms with Crippen molar-refractivity contribution in [2.45, 2.75) is 20.6 Å². The third kappa shape index (κ3) is 18.4. The van der Waals surface area contributed by atoms with Crippen molar-refractivity contribution in [1.29, 1.82) is 0 Å². The number of nitrogens with zero attached hydrogens (tertiary/aromatic N) is 8. The number of aryl methyl sites for hydroxylation is 3. The predicted octanol–water partition coefficient (Wildman–Crippen LogP) is 33.0. The first-order valence-corrected chi connectivity index (χ1v) is 46.1. The van der Waals surface area contributed by atoms with E-state index >= 15 is 0 Å². The monoisotopic (exact) mass is 2620 g/mol. The molecule has 0 amide bonds. The fourth-order valence-electron chi connectivity index (χ4n) is 18.5. The van der Waals surface area contributed by atoms with Crippen LogP contribution in [0.1, 0.15) is 24.9 Å². The third-order valence-corrected chi connectivity index (χ3v) is 25.5. The Bertz CT molecular complexity index is 10500. The summed E-state index contributed by atoms with van der Waals surface area (Å²) in [5.74, 6) is 4.43. The normalized spacial score (nSPS) is 12.1.